The molecule has 1 N–H and O–H groups in total. The molecule has 37 heavy (non-hydrogen) atoms. The van der Waals surface area contributed by atoms with Crippen LogP contribution in [-0.2, 0) is 6.54 Å². The van der Waals surface area contributed by atoms with Gasteiger partial charge >= 0.3 is 0 Å². The van der Waals surface area contributed by atoms with Gasteiger partial charge in [0, 0.05) is 17.2 Å². The van der Waals surface area contributed by atoms with Crippen molar-refractivity contribution in [3.63, 3.8) is 0 Å². The molecule has 9 nitrogen and oxygen atoms in total. The Bertz CT molecular complexity index is 1440. The van der Waals surface area contributed by atoms with Crippen LogP contribution < -0.4 is 10.1 Å². The molecule has 0 radical (unpaired) electrons. The molecule has 4 rings (SSSR count). The zero-order valence-corrected chi connectivity index (χ0v) is 19.2. The first-order chi connectivity index (χ1) is 17.6. The van der Waals surface area contributed by atoms with Gasteiger partial charge in [0.05, 0.1) is 23.2 Å². The predicted octanol–water partition coefficient (Wildman–Crippen LogP) is 7.01. The number of carbonyl (C=O) groups excluding carboxylic acids is 1. The summed E-state index contributed by atoms with van der Waals surface area (Å²) in [6.45, 7) is -0.435. The number of nitrogens with zero attached hydrogens (tertiary/aromatic N) is 3. The van der Waals surface area contributed by atoms with Crippen molar-refractivity contribution in [2.24, 2.45) is 0 Å². The number of benzene rings is 2. The molecule has 0 unspecified atom stereocenters. The third-order valence-electron chi connectivity index (χ3n) is 4.88. The highest BCUT2D eigenvalue weighted by molar-refractivity contribution is 6.30. The average molecular weight is 539 g/mol. The Morgan fingerprint density at radius 1 is 1.05 bits per heavy atom. The predicted molar refractivity (Wildman–Crippen MR) is 123 cm³/mol. The average Bonchev–Trinajstić information content (AvgIpc) is 3.48. The lowest BCUT2D eigenvalue weighted by Crippen LogP contribution is -2.11. The molecule has 0 saturated heterocycles. The number of nitro benzene ring substituents is 1. The molecule has 4 aromatic rings. The number of carbonyl (C=O) groups is 1. The summed E-state index contributed by atoms with van der Waals surface area (Å²) in [6, 6.07) is 12.9. The summed E-state index contributed by atoms with van der Waals surface area (Å²) in [5, 5.41) is 17.7. The highest BCUT2D eigenvalue weighted by atomic mass is 35.5. The zero-order chi connectivity index (χ0) is 26.7. The minimum absolute atomic E-state index is 0.00903. The molecule has 0 bridgehead atoms. The highest BCUT2D eigenvalue weighted by Gasteiger charge is 2.22. The monoisotopic (exact) mass is 538 g/mol. The number of furan rings is 1. The number of amides is 1. The number of nitrogens with one attached hydrogen (secondary N) is 1. The normalized spacial score (nSPS) is 11.2. The summed E-state index contributed by atoms with van der Waals surface area (Å²) in [5.74, 6) is -0.690. The SMILES string of the molecule is O=C(Nc1cc(Oc2ccc(Cl)cc2)cc([N+](=O)[O-])c1)c1ccc(Cn2nc(C(F)F)cc2C(F)F)o1. The van der Waals surface area contributed by atoms with Gasteiger partial charge in [-0.25, -0.2) is 17.6 Å². The summed E-state index contributed by atoms with van der Waals surface area (Å²) in [6.07, 6.45) is -6.10. The van der Waals surface area contributed by atoms with Crippen LogP contribution in [0.2, 0.25) is 5.02 Å². The van der Waals surface area contributed by atoms with Crippen LogP contribution in [0.1, 0.15) is 40.6 Å². The van der Waals surface area contributed by atoms with E-state index in [0.717, 1.165) is 12.1 Å². The van der Waals surface area contributed by atoms with Crippen LogP contribution in [0.15, 0.2) is 65.1 Å². The number of halogens is 5. The molecular weight excluding hydrogens is 524 g/mol. The van der Waals surface area contributed by atoms with E-state index in [0.29, 0.717) is 21.5 Å². The Balaban J connectivity index is 1.52. The number of rotatable bonds is 9. The lowest BCUT2D eigenvalue weighted by molar-refractivity contribution is -0.384. The fraction of sp³-hybridized carbons (Fsp3) is 0.130. The molecule has 0 saturated carbocycles. The Kier molecular flexibility index (Phi) is 7.43. The van der Waals surface area contributed by atoms with E-state index in [1.807, 2.05) is 0 Å². The van der Waals surface area contributed by atoms with Gasteiger partial charge in [-0.3, -0.25) is 19.6 Å². The van der Waals surface area contributed by atoms with Crippen molar-refractivity contribution in [1.82, 2.24) is 9.78 Å². The lowest BCUT2D eigenvalue weighted by atomic mass is 10.2. The number of anilines is 1. The molecule has 0 fully saturated rings. The fourth-order valence-electron chi connectivity index (χ4n) is 3.24. The van der Waals surface area contributed by atoms with Crippen molar-refractivity contribution in [3.8, 4) is 11.5 Å². The Morgan fingerprint density at radius 2 is 1.78 bits per heavy atom. The molecule has 2 aromatic heterocycles. The minimum atomic E-state index is -3.06. The number of aromatic nitrogens is 2. The summed E-state index contributed by atoms with van der Waals surface area (Å²) < 4.78 is 63.8. The van der Waals surface area contributed by atoms with Gasteiger partial charge in [0.1, 0.15) is 28.6 Å². The maximum atomic E-state index is 13.2. The lowest BCUT2D eigenvalue weighted by Gasteiger charge is -2.09. The number of hydrogen-bond donors (Lipinski definition) is 1. The molecule has 192 valence electrons. The van der Waals surface area contributed by atoms with Gasteiger partial charge in [-0.1, -0.05) is 11.6 Å². The minimum Gasteiger partial charge on any atom is -0.457 e. The van der Waals surface area contributed by atoms with Gasteiger partial charge in [-0.15, -0.1) is 0 Å². The van der Waals surface area contributed by atoms with Crippen molar-refractivity contribution in [2.75, 3.05) is 5.32 Å². The zero-order valence-electron chi connectivity index (χ0n) is 18.4. The topological polar surface area (TPSA) is 112 Å². The van der Waals surface area contributed by atoms with E-state index in [9.17, 15) is 32.5 Å². The van der Waals surface area contributed by atoms with E-state index in [1.54, 1.807) is 24.3 Å². The highest BCUT2D eigenvalue weighted by Crippen LogP contribution is 2.31. The van der Waals surface area contributed by atoms with Gasteiger partial charge in [0.15, 0.2) is 5.76 Å². The van der Waals surface area contributed by atoms with Crippen molar-refractivity contribution in [2.45, 2.75) is 19.4 Å². The molecular formula is C23H15ClF4N4O5. The van der Waals surface area contributed by atoms with Crippen molar-refractivity contribution < 1.29 is 36.4 Å². The van der Waals surface area contributed by atoms with Crippen LogP contribution in [0.5, 0.6) is 11.5 Å². The van der Waals surface area contributed by atoms with E-state index in [2.05, 4.69) is 10.4 Å². The molecule has 1 amide bonds. The molecule has 0 aliphatic rings. The number of alkyl halides is 4. The molecule has 0 atom stereocenters. The molecule has 14 heteroatoms. The van der Waals surface area contributed by atoms with Gasteiger partial charge in [0.2, 0.25) is 0 Å². The van der Waals surface area contributed by atoms with Crippen LogP contribution in [0.25, 0.3) is 0 Å². The van der Waals surface area contributed by atoms with Crippen molar-refractivity contribution in [1.29, 1.82) is 0 Å². The smallest absolute Gasteiger partial charge is 0.291 e. The second kappa shape index (κ2) is 10.7. The summed E-state index contributed by atoms with van der Waals surface area (Å²) in [4.78, 5) is 23.3. The summed E-state index contributed by atoms with van der Waals surface area (Å²) in [5.41, 5.74) is -1.91. The molecule has 0 aliphatic carbocycles. The van der Waals surface area contributed by atoms with Crippen LogP contribution >= 0.6 is 11.6 Å². The second-order valence-corrected chi connectivity index (χ2v) is 7.94. The maximum Gasteiger partial charge on any atom is 0.291 e. The van der Waals surface area contributed by atoms with E-state index in [-0.39, 0.29) is 28.6 Å². The molecule has 0 aliphatic heterocycles. The van der Waals surface area contributed by atoms with Crippen molar-refractivity contribution >= 4 is 28.9 Å². The van der Waals surface area contributed by atoms with Gasteiger partial charge in [-0.05, 0) is 42.5 Å². The van der Waals surface area contributed by atoms with Gasteiger partial charge in [-0.2, -0.15) is 5.10 Å². The largest absolute Gasteiger partial charge is 0.457 e. The third kappa shape index (κ3) is 6.25. The summed E-state index contributed by atoms with van der Waals surface area (Å²) >= 11 is 5.83. The first kappa shape index (κ1) is 25.7. The quantitative estimate of drug-likeness (QED) is 0.139. The van der Waals surface area contributed by atoms with Crippen molar-refractivity contribution in [3.05, 3.63) is 98.7 Å². The van der Waals surface area contributed by atoms with E-state index in [1.165, 1.54) is 18.2 Å². The standard InChI is InChI=1S/C23H15ClF4N4O5/c24-12-1-3-15(4-2-12)36-17-8-13(7-14(9-17)32(34)35)29-23(33)20-6-5-16(37-20)11-31-19(22(27)28)10-18(30-31)21(25)26/h1-10,21-22H,11H2,(H,29,33). The van der Waals surface area contributed by atoms with Crippen LogP contribution in [0.4, 0.5) is 28.9 Å². The fourth-order valence-corrected chi connectivity index (χ4v) is 3.37. The van der Waals surface area contributed by atoms with E-state index >= 15 is 0 Å². The van der Waals surface area contributed by atoms with Crippen LogP contribution in [0, 0.1) is 10.1 Å². The summed E-state index contributed by atoms with van der Waals surface area (Å²) in [7, 11) is 0. The number of nitro groups is 1. The first-order valence-corrected chi connectivity index (χ1v) is 10.7. The van der Waals surface area contributed by atoms with Gasteiger partial charge < -0.3 is 14.5 Å². The maximum absolute atomic E-state index is 13.2. The number of ether oxygens (including phenoxy) is 1. The Labute approximate surface area is 210 Å². The molecule has 0 spiro atoms. The second-order valence-electron chi connectivity index (χ2n) is 7.50. The number of non-ortho nitro benzene ring substituents is 1. The number of hydrogen-bond acceptors (Lipinski definition) is 6. The Morgan fingerprint density at radius 3 is 2.43 bits per heavy atom. The van der Waals surface area contributed by atoms with Crippen LogP contribution in [0.3, 0.4) is 0 Å². The van der Waals surface area contributed by atoms with E-state index < -0.39 is 41.6 Å². The molecule has 2 heterocycles. The first-order valence-electron chi connectivity index (χ1n) is 10.4. The van der Waals surface area contributed by atoms with Crippen LogP contribution in [-0.4, -0.2) is 20.6 Å². The van der Waals surface area contributed by atoms with Gasteiger partial charge in [0.25, 0.3) is 24.4 Å². The third-order valence-corrected chi connectivity index (χ3v) is 5.13. The Hall–Kier alpha value is -4.39. The molecule has 2 aromatic carbocycles. The van der Waals surface area contributed by atoms with E-state index in [4.69, 9.17) is 20.8 Å².